The van der Waals surface area contributed by atoms with Crippen LogP contribution in [0, 0.1) is 0 Å². The maximum absolute atomic E-state index is 12.9. The third-order valence-corrected chi connectivity index (χ3v) is 9.33. The molecule has 3 aromatic carbocycles. The Kier molecular flexibility index (Phi) is 9.21. The molecule has 2 aliphatic rings. The molecule has 5 aromatic rings. The van der Waals surface area contributed by atoms with E-state index in [1.54, 1.807) is 29.5 Å². The predicted octanol–water partition coefficient (Wildman–Crippen LogP) is 5.73. The lowest BCUT2D eigenvalue weighted by molar-refractivity contribution is -0.121. The number of nitrogens with zero attached hydrogens (tertiary/aromatic N) is 6. The van der Waals surface area contributed by atoms with E-state index in [0.29, 0.717) is 49.2 Å². The number of hydrogen-bond donors (Lipinski definition) is 2. The maximum Gasteiger partial charge on any atom is 0.407 e. The molecule has 0 atom stereocenters. The Balaban J connectivity index is 0.876. The van der Waals surface area contributed by atoms with Crippen LogP contribution in [0.5, 0.6) is 5.88 Å². The van der Waals surface area contributed by atoms with Crippen molar-refractivity contribution >= 4 is 68.9 Å². The van der Waals surface area contributed by atoms with E-state index in [0.717, 1.165) is 43.0 Å². The van der Waals surface area contributed by atoms with Crippen molar-refractivity contribution in [2.75, 3.05) is 37.9 Å². The van der Waals surface area contributed by atoms with Crippen LogP contribution < -0.4 is 20.7 Å². The lowest BCUT2D eigenvalue weighted by atomic mass is 10.1. The van der Waals surface area contributed by atoms with Crippen molar-refractivity contribution in [3.8, 4) is 5.88 Å². The number of ether oxygens (including phenoxy) is 2. The van der Waals surface area contributed by atoms with Gasteiger partial charge in [-0.3, -0.25) is 14.7 Å². The molecule has 7 rings (SSSR count). The average Bonchev–Trinajstić information content (AvgIpc) is 3.84. The summed E-state index contributed by atoms with van der Waals surface area (Å²) in [6.45, 7) is 1.36. The number of benzene rings is 3. The number of nitrogens with two attached hydrogens (primary N) is 1. The van der Waals surface area contributed by atoms with Gasteiger partial charge in [0.2, 0.25) is 11.8 Å². The summed E-state index contributed by atoms with van der Waals surface area (Å²) >= 11 is 1.60. The normalized spacial score (nSPS) is 14.3. The highest BCUT2D eigenvalue weighted by molar-refractivity contribution is 7.19. The minimum Gasteiger partial charge on any atom is -0.471 e. The molecule has 2 aromatic heterocycles. The van der Waals surface area contributed by atoms with E-state index in [1.807, 2.05) is 78.7 Å². The molecule has 0 unspecified atom stereocenters. The number of likely N-dealkylation sites (N-methyl/N-ethyl adjacent to an activating group) is 2. The van der Waals surface area contributed by atoms with Crippen LogP contribution in [0.1, 0.15) is 27.3 Å². The molecule has 2 aliphatic heterocycles. The summed E-state index contributed by atoms with van der Waals surface area (Å²) < 4.78 is 12.4. The van der Waals surface area contributed by atoms with Crippen LogP contribution in [0.2, 0.25) is 0 Å². The van der Waals surface area contributed by atoms with Gasteiger partial charge in [-0.05, 0) is 40.8 Å². The standard InChI is InChI=1S/C37H34N8O4S/c1-44(27-13-12-26-18-28(50-31(26)19-27)20-30-35(46)45(2)33(41-30)25-6-4-3-5-7-25)16-17-48-37(47)40-21-23-8-10-24(11-9-23)22-49-34-32-29(14-15-39-32)42-36(38)43-34/h3-13,15,18-20H,14,16-17,21-22H2,1-2H3,(H,40,47)(H2,38,42,43)/b30-20+. The number of thiophene rings is 1. The number of nitrogens with one attached hydrogen (secondary N) is 1. The molecule has 50 heavy (non-hydrogen) atoms. The van der Waals surface area contributed by atoms with E-state index in [9.17, 15) is 9.59 Å². The van der Waals surface area contributed by atoms with Gasteiger partial charge in [0.1, 0.15) is 30.4 Å². The Morgan fingerprint density at radius 1 is 1.06 bits per heavy atom. The first-order valence-corrected chi connectivity index (χ1v) is 16.8. The van der Waals surface area contributed by atoms with Crippen LogP contribution in [0.15, 0.2) is 94.5 Å². The summed E-state index contributed by atoms with van der Waals surface area (Å²) in [5, 5.41) is 3.88. The lowest BCUT2D eigenvalue weighted by Gasteiger charge is -2.19. The number of carbonyl (C=O) groups is 2. The molecular formula is C37H34N8O4S. The Bertz CT molecular complexity index is 2160. The molecule has 12 nitrogen and oxygen atoms in total. The zero-order valence-electron chi connectivity index (χ0n) is 27.5. The number of nitrogen functional groups attached to an aromatic ring is 1. The first kappa shape index (κ1) is 32.5. The van der Waals surface area contributed by atoms with Gasteiger partial charge in [0, 0.05) is 54.1 Å². The Morgan fingerprint density at radius 3 is 2.68 bits per heavy atom. The predicted molar refractivity (Wildman–Crippen MR) is 196 cm³/mol. The first-order chi connectivity index (χ1) is 24.3. The van der Waals surface area contributed by atoms with E-state index < -0.39 is 6.09 Å². The van der Waals surface area contributed by atoms with Crippen molar-refractivity contribution < 1.29 is 19.1 Å². The van der Waals surface area contributed by atoms with Gasteiger partial charge in [0.15, 0.2) is 0 Å². The second-order valence-corrected chi connectivity index (χ2v) is 12.9. The summed E-state index contributed by atoms with van der Waals surface area (Å²) in [5.74, 6) is 1.04. The number of anilines is 2. The summed E-state index contributed by atoms with van der Waals surface area (Å²) in [7, 11) is 3.70. The molecule has 0 radical (unpaired) electrons. The zero-order valence-corrected chi connectivity index (χ0v) is 28.3. The van der Waals surface area contributed by atoms with Crippen molar-refractivity contribution in [2.45, 2.75) is 19.6 Å². The van der Waals surface area contributed by atoms with Crippen LogP contribution in [0.3, 0.4) is 0 Å². The number of rotatable bonds is 11. The monoisotopic (exact) mass is 686 g/mol. The molecule has 252 valence electrons. The molecule has 3 N–H and O–H groups in total. The second-order valence-electron chi connectivity index (χ2n) is 11.8. The van der Waals surface area contributed by atoms with Gasteiger partial charge in [0.25, 0.3) is 5.91 Å². The van der Waals surface area contributed by atoms with Crippen molar-refractivity contribution in [3.63, 3.8) is 0 Å². The number of hydrogen-bond acceptors (Lipinski definition) is 11. The van der Waals surface area contributed by atoms with E-state index >= 15 is 0 Å². The second kappa shape index (κ2) is 14.2. The molecule has 0 aliphatic carbocycles. The summed E-state index contributed by atoms with van der Waals surface area (Å²) in [5.41, 5.74) is 11.3. The number of aliphatic imine (C=N–C) groups is 2. The van der Waals surface area contributed by atoms with Crippen molar-refractivity contribution in [1.82, 2.24) is 20.2 Å². The molecule has 0 saturated carbocycles. The molecular weight excluding hydrogens is 653 g/mol. The average molecular weight is 687 g/mol. The number of aromatic nitrogens is 2. The van der Waals surface area contributed by atoms with E-state index in [-0.39, 0.29) is 18.5 Å². The van der Waals surface area contributed by atoms with Gasteiger partial charge in [-0.2, -0.15) is 4.98 Å². The lowest BCUT2D eigenvalue weighted by Crippen LogP contribution is -2.28. The minimum absolute atomic E-state index is 0.130. The summed E-state index contributed by atoms with van der Waals surface area (Å²) in [6.07, 6.45) is 3.73. The third kappa shape index (κ3) is 7.17. The highest BCUT2D eigenvalue weighted by Crippen LogP contribution is 2.34. The van der Waals surface area contributed by atoms with Crippen LogP contribution in [0.25, 0.3) is 16.2 Å². The zero-order chi connectivity index (χ0) is 34.6. The molecule has 0 fully saturated rings. The molecule has 4 heterocycles. The number of fused-ring (bicyclic) bond motifs is 2. The van der Waals surface area contributed by atoms with Gasteiger partial charge in [-0.15, -0.1) is 11.3 Å². The van der Waals surface area contributed by atoms with Gasteiger partial charge < -0.3 is 25.4 Å². The molecule has 13 heteroatoms. The van der Waals surface area contributed by atoms with Gasteiger partial charge in [-0.1, -0.05) is 60.7 Å². The minimum atomic E-state index is -0.488. The largest absolute Gasteiger partial charge is 0.471 e. The fraction of sp³-hybridized carbons (Fsp3) is 0.189. The number of amidine groups is 1. The van der Waals surface area contributed by atoms with E-state index in [4.69, 9.17) is 15.2 Å². The van der Waals surface area contributed by atoms with Crippen LogP contribution >= 0.6 is 11.3 Å². The SMILES string of the molecule is CN1C(=O)/C(=C\c2cc3ccc(N(C)CCOC(=O)NCc4ccc(COc5nc(N)nc6c5N=CC6)cc4)cc3s2)N=C1c1ccccc1. The van der Waals surface area contributed by atoms with Crippen molar-refractivity contribution in [2.24, 2.45) is 9.98 Å². The van der Waals surface area contributed by atoms with Crippen LogP contribution in [-0.4, -0.2) is 66.2 Å². The van der Waals surface area contributed by atoms with Gasteiger partial charge >= 0.3 is 6.09 Å². The van der Waals surface area contributed by atoms with E-state index in [1.165, 1.54) is 0 Å². The Labute approximate surface area is 292 Å². The fourth-order valence-corrected chi connectivity index (χ4v) is 6.59. The maximum atomic E-state index is 12.9. The summed E-state index contributed by atoms with van der Waals surface area (Å²) in [6, 6.07) is 25.6. The van der Waals surface area contributed by atoms with Crippen molar-refractivity contribution in [3.05, 3.63) is 112 Å². The molecule has 2 amide bonds. The molecule has 0 saturated heterocycles. The number of amides is 2. The highest BCUT2D eigenvalue weighted by Gasteiger charge is 2.28. The van der Waals surface area contributed by atoms with Crippen LogP contribution in [0.4, 0.5) is 22.1 Å². The van der Waals surface area contributed by atoms with Crippen LogP contribution in [-0.2, 0) is 29.1 Å². The fourth-order valence-electron chi connectivity index (χ4n) is 5.56. The number of alkyl carbamates (subject to hydrolysis) is 1. The highest BCUT2D eigenvalue weighted by atomic mass is 32.1. The smallest absolute Gasteiger partial charge is 0.407 e. The third-order valence-electron chi connectivity index (χ3n) is 8.28. The first-order valence-electron chi connectivity index (χ1n) is 16.0. The topological polar surface area (TPSA) is 148 Å². The Hall–Kier alpha value is -6.08. The summed E-state index contributed by atoms with van der Waals surface area (Å²) in [4.78, 5) is 47.2. The van der Waals surface area contributed by atoms with Crippen molar-refractivity contribution in [1.29, 1.82) is 0 Å². The molecule has 0 bridgehead atoms. The van der Waals surface area contributed by atoms with Gasteiger partial charge in [-0.25, -0.2) is 14.8 Å². The molecule has 0 spiro atoms. The Morgan fingerprint density at radius 2 is 1.86 bits per heavy atom. The van der Waals surface area contributed by atoms with E-state index in [2.05, 4.69) is 43.5 Å². The number of carbonyl (C=O) groups excluding carboxylic acids is 2. The quantitative estimate of drug-likeness (QED) is 0.167. The van der Waals surface area contributed by atoms with Gasteiger partial charge in [0.05, 0.1) is 12.2 Å².